The number of carbonyl (C=O) groups excluding carboxylic acids is 1. The van der Waals surface area contributed by atoms with Crippen molar-refractivity contribution in [2.24, 2.45) is 0 Å². The Morgan fingerprint density at radius 2 is 2.15 bits per heavy atom. The number of hydrogen-bond acceptors (Lipinski definition) is 5. The Morgan fingerprint density at radius 3 is 2.77 bits per heavy atom. The highest BCUT2D eigenvalue weighted by atomic mass is 79.9. The van der Waals surface area contributed by atoms with Gasteiger partial charge in [-0.2, -0.15) is 0 Å². The van der Waals surface area contributed by atoms with Gasteiger partial charge in [0.1, 0.15) is 11.5 Å². The SMILES string of the molecule is CCOc1cccc(C(=O)N(Cc2ccc(Br)o2)[C@@H]2CCS(=O)(=O)C2)c1. The van der Waals surface area contributed by atoms with Crippen molar-refractivity contribution in [3.63, 3.8) is 0 Å². The largest absolute Gasteiger partial charge is 0.494 e. The maximum atomic E-state index is 13.1. The van der Waals surface area contributed by atoms with Crippen LogP contribution in [0.4, 0.5) is 0 Å². The molecule has 2 heterocycles. The summed E-state index contributed by atoms with van der Waals surface area (Å²) in [4.78, 5) is 14.7. The third-order valence-electron chi connectivity index (χ3n) is 4.26. The summed E-state index contributed by atoms with van der Waals surface area (Å²) in [5.74, 6) is 1.04. The Labute approximate surface area is 161 Å². The second-order valence-corrected chi connectivity index (χ2v) is 9.17. The Morgan fingerprint density at radius 1 is 1.35 bits per heavy atom. The maximum Gasteiger partial charge on any atom is 0.254 e. The zero-order valence-electron chi connectivity index (χ0n) is 14.4. The Kier molecular flexibility index (Phi) is 5.72. The van der Waals surface area contributed by atoms with Crippen molar-refractivity contribution in [1.82, 2.24) is 4.90 Å². The van der Waals surface area contributed by atoms with Gasteiger partial charge in [0.05, 0.1) is 24.7 Å². The first-order valence-electron chi connectivity index (χ1n) is 8.36. The number of sulfone groups is 1. The number of furan rings is 1. The maximum absolute atomic E-state index is 13.1. The van der Waals surface area contributed by atoms with Gasteiger partial charge in [0.25, 0.3) is 5.91 Å². The lowest BCUT2D eigenvalue weighted by Gasteiger charge is -2.27. The van der Waals surface area contributed by atoms with Crippen molar-refractivity contribution in [3.8, 4) is 5.75 Å². The van der Waals surface area contributed by atoms with Crippen LogP contribution in [0.1, 0.15) is 29.5 Å². The predicted octanol–water partition coefficient (Wildman–Crippen LogP) is 3.27. The van der Waals surface area contributed by atoms with Crippen molar-refractivity contribution in [2.75, 3.05) is 18.1 Å². The predicted molar refractivity (Wildman–Crippen MR) is 101 cm³/mol. The Balaban J connectivity index is 1.89. The Bertz CT molecular complexity index is 892. The number of nitrogens with zero attached hydrogens (tertiary/aromatic N) is 1. The molecule has 1 aliphatic heterocycles. The standard InChI is InChI=1S/C18H20BrNO5S/c1-2-24-15-5-3-4-13(10-15)18(21)20(11-16-6-7-17(19)25-16)14-8-9-26(22,23)12-14/h3-7,10,14H,2,8-9,11-12H2,1H3/t14-/m1/s1. The molecule has 3 rings (SSSR count). The normalized spacial score (nSPS) is 18.6. The minimum atomic E-state index is -3.12. The summed E-state index contributed by atoms with van der Waals surface area (Å²) in [6, 6.07) is 10.1. The molecule has 1 aromatic heterocycles. The summed E-state index contributed by atoms with van der Waals surface area (Å²) in [7, 11) is -3.12. The summed E-state index contributed by atoms with van der Waals surface area (Å²) in [6.45, 7) is 2.59. The van der Waals surface area contributed by atoms with E-state index >= 15 is 0 Å². The third kappa shape index (κ3) is 4.48. The lowest BCUT2D eigenvalue weighted by molar-refractivity contribution is 0.0665. The lowest BCUT2D eigenvalue weighted by atomic mass is 10.1. The molecular formula is C18H20BrNO5S. The highest BCUT2D eigenvalue weighted by Gasteiger charge is 2.35. The van der Waals surface area contributed by atoms with Crippen molar-refractivity contribution in [3.05, 3.63) is 52.4 Å². The number of ether oxygens (including phenoxy) is 1. The van der Waals surface area contributed by atoms with E-state index in [1.807, 2.05) is 6.92 Å². The van der Waals surface area contributed by atoms with E-state index in [0.29, 0.717) is 34.8 Å². The van der Waals surface area contributed by atoms with E-state index < -0.39 is 9.84 Å². The van der Waals surface area contributed by atoms with E-state index in [-0.39, 0.29) is 30.0 Å². The highest BCUT2D eigenvalue weighted by Crippen LogP contribution is 2.25. The van der Waals surface area contributed by atoms with Crippen LogP contribution >= 0.6 is 15.9 Å². The molecule has 0 unspecified atom stereocenters. The second-order valence-electron chi connectivity index (χ2n) is 6.16. The van der Waals surface area contributed by atoms with Crippen LogP contribution in [0.2, 0.25) is 0 Å². The van der Waals surface area contributed by atoms with Crippen LogP contribution < -0.4 is 4.74 Å². The van der Waals surface area contributed by atoms with Crippen molar-refractivity contribution >= 4 is 31.7 Å². The average Bonchev–Trinajstić information content (AvgIpc) is 3.17. The second kappa shape index (κ2) is 7.84. The summed E-state index contributed by atoms with van der Waals surface area (Å²) < 4.78 is 35.4. The van der Waals surface area contributed by atoms with Crippen LogP contribution in [0, 0.1) is 0 Å². The van der Waals surface area contributed by atoms with Crippen LogP contribution in [-0.4, -0.2) is 43.4 Å². The van der Waals surface area contributed by atoms with E-state index in [1.54, 1.807) is 41.3 Å². The summed E-state index contributed by atoms with van der Waals surface area (Å²) in [5.41, 5.74) is 0.464. The number of rotatable bonds is 6. The molecule has 1 amide bonds. The van der Waals surface area contributed by atoms with E-state index in [4.69, 9.17) is 9.15 Å². The van der Waals surface area contributed by atoms with Gasteiger partial charge in [-0.25, -0.2) is 8.42 Å². The molecule has 1 aromatic carbocycles. The molecule has 0 saturated carbocycles. The average molecular weight is 442 g/mol. The molecule has 0 aliphatic carbocycles. The monoisotopic (exact) mass is 441 g/mol. The number of carbonyl (C=O) groups is 1. The molecule has 1 fully saturated rings. The number of benzene rings is 1. The lowest BCUT2D eigenvalue weighted by Crippen LogP contribution is -2.40. The fourth-order valence-corrected chi connectivity index (χ4v) is 5.11. The summed E-state index contributed by atoms with van der Waals surface area (Å²) in [6.07, 6.45) is 0.432. The smallest absolute Gasteiger partial charge is 0.254 e. The van der Waals surface area contributed by atoms with Gasteiger partial charge in [0, 0.05) is 11.6 Å². The first-order chi connectivity index (χ1) is 12.4. The molecule has 0 spiro atoms. The van der Waals surface area contributed by atoms with Gasteiger partial charge in [-0.1, -0.05) is 6.07 Å². The molecule has 1 aliphatic rings. The van der Waals surface area contributed by atoms with Gasteiger partial charge in [-0.05, 0) is 59.6 Å². The van der Waals surface area contributed by atoms with Crippen molar-refractivity contribution in [2.45, 2.75) is 25.9 Å². The molecule has 0 N–H and O–H groups in total. The fraction of sp³-hybridized carbons (Fsp3) is 0.389. The molecule has 1 saturated heterocycles. The molecule has 8 heteroatoms. The molecule has 1 atom stereocenters. The van der Waals surface area contributed by atoms with Gasteiger partial charge in [-0.3, -0.25) is 4.79 Å². The van der Waals surface area contributed by atoms with Crippen LogP contribution in [0.3, 0.4) is 0 Å². The molecular weight excluding hydrogens is 422 g/mol. The van der Waals surface area contributed by atoms with Crippen molar-refractivity contribution < 1.29 is 22.4 Å². The minimum Gasteiger partial charge on any atom is -0.494 e. The number of halogens is 1. The first kappa shape index (κ1) is 19.0. The number of hydrogen-bond donors (Lipinski definition) is 0. The van der Waals surface area contributed by atoms with Crippen molar-refractivity contribution in [1.29, 1.82) is 0 Å². The van der Waals surface area contributed by atoms with E-state index in [2.05, 4.69) is 15.9 Å². The minimum absolute atomic E-state index is 0.0221. The zero-order chi connectivity index (χ0) is 18.7. The summed E-state index contributed by atoms with van der Waals surface area (Å²) >= 11 is 3.25. The molecule has 0 radical (unpaired) electrons. The van der Waals surface area contributed by atoms with Gasteiger partial charge >= 0.3 is 0 Å². The van der Waals surface area contributed by atoms with Crippen LogP contribution in [0.25, 0.3) is 0 Å². The van der Waals surface area contributed by atoms with Gasteiger partial charge in [0.2, 0.25) is 0 Å². The highest BCUT2D eigenvalue weighted by molar-refractivity contribution is 9.10. The topological polar surface area (TPSA) is 76.8 Å². The zero-order valence-corrected chi connectivity index (χ0v) is 16.8. The quantitative estimate of drug-likeness (QED) is 0.687. The third-order valence-corrected chi connectivity index (χ3v) is 6.43. The van der Waals surface area contributed by atoms with E-state index in [0.717, 1.165) is 0 Å². The molecule has 6 nitrogen and oxygen atoms in total. The van der Waals surface area contributed by atoms with Gasteiger partial charge < -0.3 is 14.1 Å². The molecule has 140 valence electrons. The van der Waals surface area contributed by atoms with E-state index in [1.165, 1.54) is 0 Å². The number of amides is 1. The fourth-order valence-electron chi connectivity index (χ4n) is 3.04. The molecule has 26 heavy (non-hydrogen) atoms. The molecule has 0 bridgehead atoms. The van der Waals surface area contributed by atoms with E-state index in [9.17, 15) is 13.2 Å². The molecule has 2 aromatic rings. The van der Waals surface area contributed by atoms with Crippen LogP contribution in [0.5, 0.6) is 5.75 Å². The van der Waals surface area contributed by atoms with Crippen LogP contribution in [0.15, 0.2) is 45.5 Å². The Hall–Kier alpha value is -1.80. The summed E-state index contributed by atoms with van der Waals surface area (Å²) in [5, 5.41) is 0. The van der Waals surface area contributed by atoms with Gasteiger partial charge in [0.15, 0.2) is 14.5 Å². The van der Waals surface area contributed by atoms with Crippen LogP contribution in [-0.2, 0) is 16.4 Å². The first-order valence-corrected chi connectivity index (χ1v) is 11.0. The van der Waals surface area contributed by atoms with Gasteiger partial charge in [-0.15, -0.1) is 0 Å².